The Bertz CT molecular complexity index is 1170. The van der Waals surface area contributed by atoms with Crippen molar-refractivity contribution in [1.82, 2.24) is 20.1 Å². The molecule has 2 aromatic carbocycles. The topological polar surface area (TPSA) is 88.9 Å². The van der Waals surface area contributed by atoms with Gasteiger partial charge in [-0.2, -0.15) is 13.2 Å². The molecule has 7 nitrogen and oxygen atoms in total. The molecule has 3 rings (SSSR count). The van der Waals surface area contributed by atoms with Crippen molar-refractivity contribution >= 4 is 40.9 Å². The number of halogens is 4. The molecular weight excluding hydrogens is 491 g/mol. The molecule has 0 aliphatic rings. The van der Waals surface area contributed by atoms with Crippen LogP contribution in [0.5, 0.6) is 0 Å². The van der Waals surface area contributed by atoms with Gasteiger partial charge in [-0.25, -0.2) is 0 Å². The third-order valence-corrected chi connectivity index (χ3v) is 6.03. The minimum Gasteiger partial charge on any atom is -0.342 e. The predicted molar refractivity (Wildman–Crippen MR) is 124 cm³/mol. The van der Waals surface area contributed by atoms with Crippen LogP contribution < -0.4 is 10.6 Å². The molecule has 0 radical (unpaired) electrons. The lowest BCUT2D eigenvalue weighted by Gasteiger charge is -2.15. The lowest BCUT2D eigenvalue weighted by Crippen LogP contribution is -2.28. The van der Waals surface area contributed by atoms with Gasteiger partial charge < -0.3 is 15.2 Å². The van der Waals surface area contributed by atoms with E-state index in [2.05, 4.69) is 20.8 Å². The number of alkyl halides is 3. The molecule has 3 aromatic rings. The average Bonchev–Trinajstić information content (AvgIpc) is 3.22. The van der Waals surface area contributed by atoms with Crippen molar-refractivity contribution < 1.29 is 22.8 Å². The number of hydrogen-bond donors (Lipinski definition) is 2. The van der Waals surface area contributed by atoms with Gasteiger partial charge in [0.1, 0.15) is 0 Å². The second-order valence-corrected chi connectivity index (χ2v) is 8.53. The summed E-state index contributed by atoms with van der Waals surface area (Å²) in [5, 5.41) is 13.9. The molecular formula is C22H21ClF3N5O2S. The van der Waals surface area contributed by atoms with E-state index in [0.717, 1.165) is 30.0 Å². The Morgan fingerprint density at radius 1 is 1.15 bits per heavy atom. The highest BCUT2D eigenvalue weighted by atomic mass is 35.5. The lowest BCUT2D eigenvalue weighted by atomic mass is 10.2. The predicted octanol–water partition coefficient (Wildman–Crippen LogP) is 5.19. The molecule has 2 N–H and O–H groups in total. The quantitative estimate of drug-likeness (QED) is 0.406. The molecule has 1 heterocycles. The fourth-order valence-corrected chi connectivity index (χ4v) is 4.05. The summed E-state index contributed by atoms with van der Waals surface area (Å²) in [7, 11) is 0. The van der Waals surface area contributed by atoms with Gasteiger partial charge in [0.05, 0.1) is 28.1 Å². The Labute approximate surface area is 203 Å². The number of carbonyl (C=O) groups is 2. The Morgan fingerprint density at radius 3 is 2.50 bits per heavy atom. The molecule has 0 aliphatic heterocycles. The maximum atomic E-state index is 12.9. The van der Waals surface area contributed by atoms with Gasteiger partial charge in [0.2, 0.25) is 5.91 Å². The first-order chi connectivity index (χ1) is 16.1. The number of amides is 2. The first-order valence-corrected chi connectivity index (χ1v) is 11.5. The number of aromatic nitrogens is 3. The standard InChI is InChI=1S/C22H21ClF3N5O2S/c1-3-31-19(13(2)27-20(33)14-7-5-4-6-8-14)29-30-21(31)34-12-18(32)28-17-11-15(22(24,25)26)9-10-16(17)23/h4-11,13H,3,12H2,1-2H3,(H,27,33)(H,28,32)/t13-/m0/s1. The molecule has 0 saturated heterocycles. The van der Waals surface area contributed by atoms with E-state index in [9.17, 15) is 22.8 Å². The van der Waals surface area contributed by atoms with Crippen LogP contribution in [0.2, 0.25) is 5.02 Å². The highest BCUT2D eigenvalue weighted by molar-refractivity contribution is 7.99. The van der Waals surface area contributed by atoms with Crippen LogP contribution in [0, 0.1) is 0 Å². The fraction of sp³-hybridized carbons (Fsp3) is 0.273. The first-order valence-electron chi connectivity index (χ1n) is 10.2. The minimum absolute atomic E-state index is 0.00616. The van der Waals surface area contributed by atoms with E-state index in [1.165, 1.54) is 0 Å². The van der Waals surface area contributed by atoms with E-state index < -0.39 is 23.7 Å². The fourth-order valence-electron chi connectivity index (χ4n) is 3.07. The van der Waals surface area contributed by atoms with Crippen LogP contribution in [0.15, 0.2) is 53.7 Å². The van der Waals surface area contributed by atoms with Crippen LogP contribution in [0.3, 0.4) is 0 Å². The molecule has 34 heavy (non-hydrogen) atoms. The number of carbonyl (C=O) groups excluding carboxylic acids is 2. The van der Waals surface area contributed by atoms with Crippen molar-refractivity contribution in [3.63, 3.8) is 0 Å². The molecule has 2 amide bonds. The van der Waals surface area contributed by atoms with E-state index in [4.69, 9.17) is 11.6 Å². The zero-order chi connectivity index (χ0) is 24.9. The Kier molecular flexibility index (Phi) is 8.21. The zero-order valence-electron chi connectivity index (χ0n) is 18.2. The van der Waals surface area contributed by atoms with Crippen LogP contribution in [0.4, 0.5) is 18.9 Å². The summed E-state index contributed by atoms with van der Waals surface area (Å²) in [5.74, 6) is -0.431. The van der Waals surface area contributed by atoms with Gasteiger partial charge in [-0.15, -0.1) is 10.2 Å². The van der Waals surface area contributed by atoms with Crippen LogP contribution in [0.25, 0.3) is 0 Å². The smallest absolute Gasteiger partial charge is 0.342 e. The number of thioether (sulfide) groups is 1. The minimum atomic E-state index is -4.56. The molecule has 0 aliphatic carbocycles. The summed E-state index contributed by atoms with van der Waals surface area (Å²) in [6, 6.07) is 11.0. The Hall–Kier alpha value is -3.05. The summed E-state index contributed by atoms with van der Waals surface area (Å²) >= 11 is 7.00. The van der Waals surface area contributed by atoms with Crippen molar-refractivity contribution in [3.8, 4) is 0 Å². The van der Waals surface area contributed by atoms with Crippen LogP contribution in [-0.4, -0.2) is 32.3 Å². The molecule has 0 fully saturated rings. The van der Waals surface area contributed by atoms with Crippen LogP contribution in [-0.2, 0) is 17.5 Å². The maximum absolute atomic E-state index is 12.9. The number of rotatable bonds is 8. The number of benzene rings is 2. The summed E-state index contributed by atoms with van der Waals surface area (Å²) < 4.78 is 40.5. The third kappa shape index (κ3) is 6.29. The molecule has 1 atom stereocenters. The number of anilines is 1. The SMILES string of the molecule is CCn1c(SCC(=O)Nc2cc(C(F)(F)F)ccc2Cl)nnc1[C@H](C)NC(=O)c1ccccc1. The van der Waals surface area contributed by atoms with Gasteiger partial charge in [0.25, 0.3) is 5.91 Å². The summed E-state index contributed by atoms with van der Waals surface area (Å²) in [6.45, 7) is 4.12. The van der Waals surface area contributed by atoms with E-state index in [1.54, 1.807) is 35.8 Å². The molecule has 0 bridgehead atoms. The molecule has 0 saturated carbocycles. The number of nitrogens with one attached hydrogen (secondary N) is 2. The van der Waals surface area contributed by atoms with Gasteiger partial charge in [0.15, 0.2) is 11.0 Å². The van der Waals surface area contributed by atoms with E-state index in [1.807, 2.05) is 13.0 Å². The van der Waals surface area contributed by atoms with Crippen LogP contribution in [0.1, 0.15) is 41.6 Å². The van der Waals surface area contributed by atoms with Crippen molar-refractivity contribution in [2.45, 2.75) is 37.8 Å². The lowest BCUT2D eigenvalue weighted by molar-refractivity contribution is -0.137. The summed E-state index contributed by atoms with van der Waals surface area (Å²) in [6.07, 6.45) is -4.56. The van der Waals surface area contributed by atoms with Crippen molar-refractivity contribution in [3.05, 3.63) is 70.5 Å². The van der Waals surface area contributed by atoms with Crippen molar-refractivity contribution in [2.75, 3.05) is 11.1 Å². The molecule has 0 unspecified atom stereocenters. The van der Waals surface area contributed by atoms with Gasteiger partial charge in [0, 0.05) is 12.1 Å². The Balaban J connectivity index is 1.65. The van der Waals surface area contributed by atoms with E-state index in [0.29, 0.717) is 23.1 Å². The van der Waals surface area contributed by atoms with Crippen molar-refractivity contribution in [2.24, 2.45) is 0 Å². The summed E-state index contributed by atoms with van der Waals surface area (Å²) in [4.78, 5) is 24.8. The van der Waals surface area contributed by atoms with E-state index >= 15 is 0 Å². The van der Waals surface area contributed by atoms with E-state index in [-0.39, 0.29) is 22.4 Å². The normalized spacial score (nSPS) is 12.3. The molecule has 12 heteroatoms. The second kappa shape index (κ2) is 10.9. The third-order valence-electron chi connectivity index (χ3n) is 4.73. The maximum Gasteiger partial charge on any atom is 0.416 e. The largest absolute Gasteiger partial charge is 0.416 e. The van der Waals surface area contributed by atoms with Crippen molar-refractivity contribution in [1.29, 1.82) is 0 Å². The van der Waals surface area contributed by atoms with Gasteiger partial charge in [-0.05, 0) is 44.2 Å². The molecule has 180 valence electrons. The van der Waals surface area contributed by atoms with Gasteiger partial charge in [-0.1, -0.05) is 41.6 Å². The summed E-state index contributed by atoms with van der Waals surface area (Å²) in [5.41, 5.74) is -0.532. The van der Waals surface area contributed by atoms with Crippen LogP contribution >= 0.6 is 23.4 Å². The zero-order valence-corrected chi connectivity index (χ0v) is 19.8. The second-order valence-electron chi connectivity index (χ2n) is 7.18. The molecule has 1 aromatic heterocycles. The van der Waals surface area contributed by atoms with Gasteiger partial charge in [-0.3, -0.25) is 9.59 Å². The van der Waals surface area contributed by atoms with Gasteiger partial charge >= 0.3 is 6.18 Å². The highest BCUT2D eigenvalue weighted by Gasteiger charge is 2.31. The first kappa shape index (κ1) is 25.6. The average molecular weight is 512 g/mol. The monoisotopic (exact) mass is 511 g/mol. The number of nitrogens with zero attached hydrogens (tertiary/aromatic N) is 3. The highest BCUT2D eigenvalue weighted by Crippen LogP contribution is 2.34. The number of hydrogen-bond acceptors (Lipinski definition) is 5. The molecule has 0 spiro atoms. The Morgan fingerprint density at radius 2 is 1.85 bits per heavy atom.